The molecule has 13 heavy (non-hydrogen) atoms. The Hall–Kier alpha value is -0.0800. The first kappa shape index (κ1) is 9.47. The Bertz CT molecular complexity index is 181. The summed E-state index contributed by atoms with van der Waals surface area (Å²) in [4.78, 5) is 0. The molecule has 76 valence electrons. The number of hydrogen-bond donors (Lipinski definition) is 2. The molecule has 0 amide bonds. The molecule has 2 rings (SSSR count). The van der Waals surface area contributed by atoms with Crippen molar-refractivity contribution in [1.82, 2.24) is 5.32 Å². The maximum absolute atomic E-state index is 10.5. The Morgan fingerprint density at radius 1 is 1.38 bits per heavy atom. The van der Waals surface area contributed by atoms with Crippen LogP contribution in [0.25, 0.3) is 0 Å². The van der Waals surface area contributed by atoms with Gasteiger partial charge in [0.15, 0.2) is 0 Å². The summed E-state index contributed by atoms with van der Waals surface area (Å²) in [5.74, 6) is 0.456. The van der Waals surface area contributed by atoms with Gasteiger partial charge >= 0.3 is 0 Å². The fourth-order valence-electron chi connectivity index (χ4n) is 2.94. The second kappa shape index (κ2) is 3.25. The number of piperidine rings is 1. The molecule has 2 aliphatic rings. The molecule has 2 heterocycles. The second-order valence-electron chi connectivity index (χ2n) is 4.96. The molecule has 2 N–H and O–H groups in total. The summed E-state index contributed by atoms with van der Waals surface area (Å²) in [6.45, 7) is 4.36. The molecule has 2 bridgehead atoms. The number of rotatable bonds is 2. The lowest BCUT2D eigenvalue weighted by Crippen LogP contribution is -2.51. The van der Waals surface area contributed by atoms with Crippen molar-refractivity contribution < 1.29 is 5.11 Å². The lowest BCUT2D eigenvalue weighted by molar-refractivity contribution is -0.0526. The third-order valence-corrected chi connectivity index (χ3v) is 4.06. The molecule has 0 aromatic rings. The first-order chi connectivity index (χ1) is 6.14. The quantitative estimate of drug-likeness (QED) is 0.682. The van der Waals surface area contributed by atoms with Gasteiger partial charge in [0.1, 0.15) is 0 Å². The summed E-state index contributed by atoms with van der Waals surface area (Å²) in [6, 6.07) is 1.19. The van der Waals surface area contributed by atoms with Crippen LogP contribution in [0.15, 0.2) is 0 Å². The lowest BCUT2D eigenvalue weighted by atomic mass is 9.77. The van der Waals surface area contributed by atoms with Gasteiger partial charge in [-0.3, -0.25) is 0 Å². The topological polar surface area (TPSA) is 32.3 Å². The molecule has 2 fully saturated rings. The zero-order valence-electron chi connectivity index (χ0n) is 8.71. The van der Waals surface area contributed by atoms with E-state index in [1.807, 2.05) is 0 Å². The van der Waals surface area contributed by atoms with E-state index in [1.54, 1.807) is 0 Å². The Morgan fingerprint density at radius 3 is 2.38 bits per heavy atom. The van der Waals surface area contributed by atoms with Crippen molar-refractivity contribution in [2.45, 2.75) is 63.6 Å². The molecule has 3 atom stereocenters. The summed E-state index contributed by atoms with van der Waals surface area (Å²) in [5.41, 5.74) is -0.369. The molecule has 0 aromatic carbocycles. The highest BCUT2D eigenvalue weighted by Crippen LogP contribution is 2.39. The molecule has 0 aliphatic carbocycles. The van der Waals surface area contributed by atoms with Crippen LogP contribution in [0.2, 0.25) is 0 Å². The standard InChI is InChI=1S/C11H21NO/c1-3-8(2)11(13)6-9-4-5-10(7-11)12-9/h8-10,12-13H,3-7H2,1-2H3. The minimum atomic E-state index is -0.369. The zero-order valence-corrected chi connectivity index (χ0v) is 8.71. The Morgan fingerprint density at radius 2 is 1.92 bits per heavy atom. The van der Waals surface area contributed by atoms with E-state index in [0.717, 1.165) is 19.3 Å². The normalized spacial score (nSPS) is 46.4. The van der Waals surface area contributed by atoms with Gasteiger partial charge in [0.05, 0.1) is 5.60 Å². The lowest BCUT2D eigenvalue weighted by Gasteiger charge is -2.41. The molecule has 0 aromatic heterocycles. The summed E-state index contributed by atoms with van der Waals surface area (Å²) in [6.07, 6.45) is 5.57. The Kier molecular flexibility index (Phi) is 2.37. The van der Waals surface area contributed by atoms with Crippen LogP contribution < -0.4 is 5.32 Å². The van der Waals surface area contributed by atoms with E-state index >= 15 is 0 Å². The molecule has 0 spiro atoms. The highest BCUT2D eigenvalue weighted by molar-refractivity contribution is 5.01. The number of aliphatic hydroxyl groups is 1. The molecular formula is C11H21NO. The van der Waals surface area contributed by atoms with E-state index in [0.29, 0.717) is 18.0 Å². The SMILES string of the molecule is CCC(C)C1(O)CC2CCC(C1)N2. The summed E-state index contributed by atoms with van der Waals surface area (Å²) in [7, 11) is 0. The fourth-order valence-corrected chi connectivity index (χ4v) is 2.94. The molecule has 0 saturated carbocycles. The molecular weight excluding hydrogens is 162 g/mol. The number of fused-ring (bicyclic) bond motifs is 2. The van der Waals surface area contributed by atoms with Crippen LogP contribution in [0.5, 0.6) is 0 Å². The van der Waals surface area contributed by atoms with E-state index in [2.05, 4.69) is 19.2 Å². The largest absolute Gasteiger partial charge is 0.389 e. The third-order valence-electron chi connectivity index (χ3n) is 4.06. The predicted molar refractivity (Wildman–Crippen MR) is 53.6 cm³/mol. The van der Waals surface area contributed by atoms with Crippen molar-refractivity contribution >= 4 is 0 Å². The van der Waals surface area contributed by atoms with Crippen molar-refractivity contribution in [2.24, 2.45) is 5.92 Å². The van der Waals surface area contributed by atoms with Gasteiger partial charge in [-0.1, -0.05) is 20.3 Å². The van der Waals surface area contributed by atoms with Crippen LogP contribution in [0.1, 0.15) is 46.0 Å². The van der Waals surface area contributed by atoms with E-state index < -0.39 is 0 Å². The first-order valence-corrected chi connectivity index (χ1v) is 5.62. The predicted octanol–water partition coefficient (Wildman–Crippen LogP) is 1.68. The van der Waals surface area contributed by atoms with Crippen LogP contribution in [0, 0.1) is 5.92 Å². The van der Waals surface area contributed by atoms with E-state index in [9.17, 15) is 5.11 Å². The van der Waals surface area contributed by atoms with Crippen LogP contribution >= 0.6 is 0 Å². The van der Waals surface area contributed by atoms with Crippen molar-refractivity contribution in [3.63, 3.8) is 0 Å². The zero-order chi connectivity index (χ0) is 9.47. The van der Waals surface area contributed by atoms with Gasteiger partial charge in [0.2, 0.25) is 0 Å². The number of nitrogens with one attached hydrogen (secondary N) is 1. The molecule has 2 heteroatoms. The Balaban J connectivity index is 2.07. The third kappa shape index (κ3) is 1.62. The Labute approximate surface area is 80.7 Å². The van der Waals surface area contributed by atoms with Gasteiger partial charge in [-0.2, -0.15) is 0 Å². The van der Waals surface area contributed by atoms with Crippen LogP contribution in [0.4, 0.5) is 0 Å². The van der Waals surface area contributed by atoms with Gasteiger partial charge in [0.25, 0.3) is 0 Å². The molecule has 2 nitrogen and oxygen atoms in total. The van der Waals surface area contributed by atoms with Crippen molar-refractivity contribution in [3.05, 3.63) is 0 Å². The van der Waals surface area contributed by atoms with Crippen molar-refractivity contribution in [3.8, 4) is 0 Å². The first-order valence-electron chi connectivity index (χ1n) is 5.62. The van der Waals surface area contributed by atoms with E-state index in [4.69, 9.17) is 0 Å². The summed E-state index contributed by atoms with van der Waals surface area (Å²) >= 11 is 0. The fraction of sp³-hybridized carbons (Fsp3) is 1.00. The maximum Gasteiger partial charge on any atom is 0.0702 e. The van der Waals surface area contributed by atoms with Crippen LogP contribution in [-0.2, 0) is 0 Å². The van der Waals surface area contributed by atoms with Gasteiger partial charge in [0, 0.05) is 12.1 Å². The minimum absolute atomic E-state index is 0.369. The maximum atomic E-state index is 10.5. The summed E-state index contributed by atoms with van der Waals surface area (Å²) in [5, 5.41) is 14.0. The molecule has 2 aliphatic heterocycles. The van der Waals surface area contributed by atoms with Crippen molar-refractivity contribution in [2.75, 3.05) is 0 Å². The van der Waals surface area contributed by atoms with E-state index in [1.165, 1.54) is 12.8 Å². The molecule has 2 saturated heterocycles. The monoisotopic (exact) mass is 183 g/mol. The molecule has 0 radical (unpaired) electrons. The highest BCUT2D eigenvalue weighted by Gasteiger charge is 2.44. The van der Waals surface area contributed by atoms with Crippen LogP contribution in [-0.4, -0.2) is 22.8 Å². The van der Waals surface area contributed by atoms with Gasteiger partial charge < -0.3 is 10.4 Å². The second-order valence-corrected chi connectivity index (χ2v) is 4.96. The highest BCUT2D eigenvalue weighted by atomic mass is 16.3. The number of hydrogen-bond acceptors (Lipinski definition) is 2. The summed E-state index contributed by atoms with van der Waals surface area (Å²) < 4.78 is 0. The molecule has 3 unspecified atom stereocenters. The minimum Gasteiger partial charge on any atom is -0.389 e. The van der Waals surface area contributed by atoms with Gasteiger partial charge in [-0.15, -0.1) is 0 Å². The van der Waals surface area contributed by atoms with Gasteiger partial charge in [-0.05, 0) is 31.6 Å². The smallest absolute Gasteiger partial charge is 0.0702 e. The van der Waals surface area contributed by atoms with E-state index in [-0.39, 0.29) is 5.60 Å². The van der Waals surface area contributed by atoms with Gasteiger partial charge in [-0.25, -0.2) is 0 Å². The van der Waals surface area contributed by atoms with Crippen molar-refractivity contribution in [1.29, 1.82) is 0 Å². The van der Waals surface area contributed by atoms with Crippen LogP contribution in [0.3, 0.4) is 0 Å². The average molecular weight is 183 g/mol. The average Bonchev–Trinajstić information content (AvgIpc) is 2.44.